The molecule has 0 bridgehead atoms. The molecule has 2 aromatic rings. The molecule has 0 aliphatic rings. The van der Waals surface area contributed by atoms with Crippen LogP contribution in [0.15, 0.2) is 53.9 Å². The highest BCUT2D eigenvalue weighted by Crippen LogP contribution is 2.12. The summed E-state index contributed by atoms with van der Waals surface area (Å²) in [6.07, 6.45) is 4.12. The molecule has 5 heteroatoms. The number of carbonyl (C=O) groups excluding carboxylic acids is 1. The number of rotatable bonds is 6. The first-order valence-electron chi connectivity index (χ1n) is 7.24. The highest BCUT2D eigenvalue weighted by atomic mass is 16.5. The molecule has 22 heavy (non-hydrogen) atoms. The minimum atomic E-state index is -0.247. The number of hydrazone groups is 1. The maximum absolute atomic E-state index is 12.1. The second-order valence-corrected chi connectivity index (χ2v) is 4.55. The van der Waals surface area contributed by atoms with Gasteiger partial charge in [-0.15, -0.1) is 0 Å². The Kier molecular flexibility index (Phi) is 5.65. The van der Waals surface area contributed by atoms with Gasteiger partial charge in [-0.05, 0) is 49.7 Å². The van der Waals surface area contributed by atoms with E-state index in [1.54, 1.807) is 36.7 Å². The van der Waals surface area contributed by atoms with Gasteiger partial charge in [-0.1, -0.05) is 6.92 Å². The Morgan fingerprint density at radius 3 is 2.36 bits per heavy atom. The first-order valence-corrected chi connectivity index (χ1v) is 7.24. The zero-order chi connectivity index (χ0) is 15.8. The molecule has 1 N–H and O–H groups in total. The molecule has 0 atom stereocenters. The Balaban J connectivity index is 2.06. The number of benzene rings is 1. The summed E-state index contributed by atoms with van der Waals surface area (Å²) in [6, 6.07) is 10.7. The van der Waals surface area contributed by atoms with Crippen molar-refractivity contribution in [2.75, 3.05) is 6.61 Å². The van der Waals surface area contributed by atoms with Crippen LogP contribution in [0.2, 0.25) is 0 Å². The fraction of sp³-hybridized carbons (Fsp3) is 0.235. The highest BCUT2D eigenvalue weighted by molar-refractivity contribution is 6.02. The second kappa shape index (κ2) is 7.93. The number of amides is 1. The van der Waals surface area contributed by atoms with Crippen LogP contribution >= 0.6 is 0 Å². The monoisotopic (exact) mass is 297 g/mol. The molecule has 114 valence electrons. The average Bonchev–Trinajstić information content (AvgIpc) is 2.57. The Morgan fingerprint density at radius 1 is 1.09 bits per heavy atom. The van der Waals surface area contributed by atoms with Crippen LogP contribution in [0.25, 0.3) is 0 Å². The van der Waals surface area contributed by atoms with Gasteiger partial charge in [-0.2, -0.15) is 5.10 Å². The van der Waals surface area contributed by atoms with Crippen LogP contribution in [0, 0.1) is 0 Å². The van der Waals surface area contributed by atoms with Crippen molar-refractivity contribution in [2.45, 2.75) is 20.3 Å². The Hall–Kier alpha value is -2.69. The summed E-state index contributed by atoms with van der Waals surface area (Å²) in [6.45, 7) is 4.50. The minimum absolute atomic E-state index is 0.247. The largest absolute Gasteiger partial charge is 0.494 e. The predicted octanol–water partition coefficient (Wildman–Crippen LogP) is 3.02. The lowest BCUT2D eigenvalue weighted by molar-refractivity contribution is 0.0955. The number of ether oxygens (including phenoxy) is 1. The molecule has 0 aliphatic carbocycles. The van der Waals surface area contributed by atoms with Crippen molar-refractivity contribution in [2.24, 2.45) is 5.10 Å². The van der Waals surface area contributed by atoms with Gasteiger partial charge in [-0.3, -0.25) is 9.78 Å². The quantitative estimate of drug-likeness (QED) is 0.658. The van der Waals surface area contributed by atoms with E-state index in [9.17, 15) is 4.79 Å². The van der Waals surface area contributed by atoms with Crippen molar-refractivity contribution in [1.82, 2.24) is 10.4 Å². The molecule has 0 spiro atoms. The summed E-state index contributed by atoms with van der Waals surface area (Å²) in [4.78, 5) is 16.1. The number of hydrogen-bond acceptors (Lipinski definition) is 4. The van der Waals surface area contributed by atoms with Gasteiger partial charge in [-0.25, -0.2) is 5.43 Å². The topological polar surface area (TPSA) is 63.6 Å². The van der Waals surface area contributed by atoms with Gasteiger partial charge in [0.05, 0.1) is 12.3 Å². The van der Waals surface area contributed by atoms with Gasteiger partial charge in [0.2, 0.25) is 0 Å². The second-order valence-electron chi connectivity index (χ2n) is 4.55. The molecule has 2 rings (SSSR count). The molecule has 0 radical (unpaired) electrons. The van der Waals surface area contributed by atoms with E-state index in [0.29, 0.717) is 18.6 Å². The van der Waals surface area contributed by atoms with Crippen molar-refractivity contribution in [3.8, 4) is 5.75 Å². The number of hydrogen-bond donors (Lipinski definition) is 1. The zero-order valence-electron chi connectivity index (χ0n) is 12.7. The van der Waals surface area contributed by atoms with Crippen LogP contribution in [-0.4, -0.2) is 23.2 Å². The third-order valence-corrected chi connectivity index (χ3v) is 3.07. The molecule has 1 aromatic carbocycles. The Labute approximate surface area is 130 Å². The fourth-order valence-electron chi connectivity index (χ4n) is 1.94. The third kappa shape index (κ3) is 4.15. The summed E-state index contributed by atoms with van der Waals surface area (Å²) < 4.78 is 5.35. The molecule has 1 aromatic heterocycles. The summed E-state index contributed by atoms with van der Waals surface area (Å²) in [5, 5.41) is 4.21. The predicted molar refractivity (Wildman–Crippen MR) is 86.1 cm³/mol. The number of nitrogens with zero attached hydrogens (tertiary/aromatic N) is 2. The van der Waals surface area contributed by atoms with E-state index >= 15 is 0 Å². The van der Waals surface area contributed by atoms with E-state index in [-0.39, 0.29) is 5.91 Å². The van der Waals surface area contributed by atoms with Gasteiger partial charge in [0.15, 0.2) is 0 Å². The van der Waals surface area contributed by atoms with Gasteiger partial charge >= 0.3 is 0 Å². The van der Waals surface area contributed by atoms with Crippen molar-refractivity contribution >= 4 is 11.6 Å². The number of aromatic nitrogens is 1. The van der Waals surface area contributed by atoms with E-state index < -0.39 is 0 Å². The molecule has 1 amide bonds. The first kappa shape index (κ1) is 15.7. The summed E-state index contributed by atoms with van der Waals surface area (Å²) in [5.74, 6) is 0.497. The molecule has 5 nitrogen and oxygen atoms in total. The Bertz CT molecular complexity index is 637. The zero-order valence-corrected chi connectivity index (χ0v) is 12.7. The van der Waals surface area contributed by atoms with Gasteiger partial charge in [0, 0.05) is 23.5 Å². The molecular formula is C17H19N3O2. The molecule has 1 heterocycles. The van der Waals surface area contributed by atoms with Crippen LogP contribution in [0.5, 0.6) is 5.75 Å². The average molecular weight is 297 g/mol. The summed E-state index contributed by atoms with van der Waals surface area (Å²) in [7, 11) is 0. The van der Waals surface area contributed by atoms with E-state index in [1.807, 2.05) is 26.0 Å². The van der Waals surface area contributed by atoms with E-state index in [0.717, 1.165) is 17.0 Å². The smallest absolute Gasteiger partial charge is 0.271 e. The van der Waals surface area contributed by atoms with Crippen LogP contribution in [0.1, 0.15) is 36.2 Å². The maximum Gasteiger partial charge on any atom is 0.271 e. The highest BCUT2D eigenvalue weighted by Gasteiger charge is 2.06. The van der Waals surface area contributed by atoms with Gasteiger partial charge < -0.3 is 4.74 Å². The van der Waals surface area contributed by atoms with E-state index in [1.165, 1.54) is 0 Å². The molecule has 0 aliphatic heterocycles. The summed E-state index contributed by atoms with van der Waals surface area (Å²) in [5.41, 5.74) is 4.88. The standard InChI is InChI=1S/C17H19N3O2/c1-3-16(13-9-11-18-12-10-13)19-20-17(21)14-5-7-15(8-6-14)22-4-2/h5-12H,3-4H2,1-2H3,(H,20,21). The van der Waals surface area contributed by atoms with Crippen molar-refractivity contribution in [3.05, 3.63) is 59.9 Å². The number of nitrogens with one attached hydrogen (secondary N) is 1. The molecule has 0 fully saturated rings. The lowest BCUT2D eigenvalue weighted by Gasteiger charge is -2.06. The maximum atomic E-state index is 12.1. The van der Waals surface area contributed by atoms with Crippen molar-refractivity contribution in [3.63, 3.8) is 0 Å². The van der Waals surface area contributed by atoms with Crippen LogP contribution < -0.4 is 10.2 Å². The summed E-state index contributed by atoms with van der Waals surface area (Å²) >= 11 is 0. The number of pyridine rings is 1. The van der Waals surface area contributed by atoms with E-state index in [4.69, 9.17) is 4.74 Å². The molecule has 0 saturated carbocycles. The van der Waals surface area contributed by atoms with Crippen molar-refractivity contribution < 1.29 is 9.53 Å². The van der Waals surface area contributed by atoms with Gasteiger partial charge in [0.1, 0.15) is 5.75 Å². The van der Waals surface area contributed by atoms with Crippen molar-refractivity contribution in [1.29, 1.82) is 0 Å². The van der Waals surface area contributed by atoms with E-state index in [2.05, 4.69) is 15.5 Å². The third-order valence-electron chi connectivity index (χ3n) is 3.07. The molecule has 0 saturated heterocycles. The minimum Gasteiger partial charge on any atom is -0.494 e. The SMILES string of the molecule is CCOc1ccc(C(=O)NN=C(CC)c2ccncc2)cc1. The van der Waals surface area contributed by atoms with Crippen LogP contribution in [-0.2, 0) is 0 Å². The van der Waals surface area contributed by atoms with Crippen LogP contribution in [0.3, 0.4) is 0 Å². The molecular weight excluding hydrogens is 278 g/mol. The first-order chi connectivity index (χ1) is 10.7. The molecule has 0 unspecified atom stereocenters. The Morgan fingerprint density at radius 2 is 1.77 bits per heavy atom. The normalized spacial score (nSPS) is 11.1. The lowest BCUT2D eigenvalue weighted by Crippen LogP contribution is -2.20. The van der Waals surface area contributed by atoms with Crippen LogP contribution in [0.4, 0.5) is 0 Å². The lowest BCUT2D eigenvalue weighted by atomic mass is 10.1. The van der Waals surface area contributed by atoms with Gasteiger partial charge in [0.25, 0.3) is 5.91 Å². The number of carbonyl (C=O) groups is 1. The fourth-order valence-corrected chi connectivity index (χ4v) is 1.94.